The quantitative estimate of drug-likeness (QED) is 0.716. The van der Waals surface area contributed by atoms with E-state index in [0.717, 1.165) is 25.7 Å². The normalized spacial score (nSPS) is 15.3. The zero-order chi connectivity index (χ0) is 19.4. The van der Waals surface area contributed by atoms with Crippen LogP contribution < -0.4 is 10.0 Å². The van der Waals surface area contributed by atoms with Gasteiger partial charge in [-0.1, -0.05) is 48.5 Å². The SMILES string of the molecule is O=C(NC1CCCCC1)c1cccc(NS(=O)(=O)c2cc(Cl)ccc2Cl)c1. The number of carbonyl (C=O) groups excluding carboxylic acids is 1. The molecule has 27 heavy (non-hydrogen) atoms. The predicted molar refractivity (Wildman–Crippen MR) is 108 cm³/mol. The van der Waals surface area contributed by atoms with E-state index in [1.54, 1.807) is 18.2 Å². The fourth-order valence-electron chi connectivity index (χ4n) is 3.13. The van der Waals surface area contributed by atoms with Gasteiger partial charge in [-0.15, -0.1) is 0 Å². The number of carbonyl (C=O) groups is 1. The Morgan fingerprint density at radius 3 is 2.48 bits per heavy atom. The summed E-state index contributed by atoms with van der Waals surface area (Å²) in [5, 5.41) is 3.35. The van der Waals surface area contributed by atoms with Crippen LogP contribution in [0.2, 0.25) is 10.0 Å². The number of halogens is 2. The number of anilines is 1. The van der Waals surface area contributed by atoms with Gasteiger partial charge < -0.3 is 5.32 Å². The van der Waals surface area contributed by atoms with Crippen LogP contribution in [0.15, 0.2) is 47.4 Å². The van der Waals surface area contributed by atoms with Gasteiger partial charge in [-0.05, 0) is 49.2 Å². The lowest BCUT2D eigenvalue weighted by Gasteiger charge is -2.22. The molecule has 0 spiro atoms. The first kappa shape index (κ1) is 20.0. The first-order chi connectivity index (χ1) is 12.8. The maximum atomic E-state index is 12.6. The van der Waals surface area contributed by atoms with E-state index in [0.29, 0.717) is 5.56 Å². The summed E-state index contributed by atoms with van der Waals surface area (Å²) in [6.45, 7) is 0. The van der Waals surface area contributed by atoms with Gasteiger partial charge in [0.15, 0.2) is 0 Å². The van der Waals surface area contributed by atoms with E-state index in [2.05, 4.69) is 10.0 Å². The second kappa shape index (κ2) is 8.50. The van der Waals surface area contributed by atoms with Gasteiger partial charge in [0.2, 0.25) is 0 Å². The third-order valence-electron chi connectivity index (χ3n) is 4.50. The molecule has 1 amide bonds. The highest BCUT2D eigenvalue weighted by atomic mass is 35.5. The summed E-state index contributed by atoms with van der Waals surface area (Å²) >= 11 is 11.9. The zero-order valence-corrected chi connectivity index (χ0v) is 16.9. The molecule has 144 valence electrons. The standard InChI is InChI=1S/C19H20Cl2N2O3S/c20-14-9-10-17(21)18(12-14)27(25,26)23-16-8-4-5-13(11-16)19(24)22-15-6-2-1-3-7-15/h4-5,8-12,15,23H,1-3,6-7H2,(H,22,24). The minimum atomic E-state index is -3.93. The second-order valence-corrected chi connectivity index (χ2v) is 9.06. The Bertz CT molecular complexity index is 942. The largest absolute Gasteiger partial charge is 0.349 e. The molecule has 1 aliphatic carbocycles. The lowest BCUT2D eigenvalue weighted by atomic mass is 9.95. The van der Waals surface area contributed by atoms with Crippen LogP contribution in [0.1, 0.15) is 42.5 Å². The summed E-state index contributed by atoms with van der Waals surface area (Å²) in [6.07, 6.45) is 5.39. The smallest absolute Gasteiger partial charge is 0.263 e. The molecule has 5 nitrogen and oxygen atoms in total. The number of benzene rings is 2. The molecule has 3 rings (SSSR count). The first-order valence-corrected chi connectivity index (χ1v) is 11.0. The summed E-state index contributed by atoms with van der Waals surface area (Å²) in [6, 6.07) is 10.8. The number of hydrogen-bond donors (Lipinski definition) is 2. The molecular weight excluding hydrogens is 407 g/mol. The molecule has 0 aromatic heterocycles. The molecule has 2 N–H and O–H groups in total. The third kappa shape index (κ3) is 5.15. The van der Waals surface area contributed by atoms with Crippen LogP contribution >= 0.6 is 23.2 Å². The van der Waals surface area contributed by atoms with Crippen LogP contribution in [0, 0.1) is 0 Å². The highest BCUT2D eigenvalue weighted by Gasteiger charge is 2.20. The number of amides is 1. The highest BCUT2D eigenvalue weighted by molar-refractivity contribution is 7.92. The Balaban J connectivity index is 1.77. The lowest BCUT2D eigenvalue weighted by molar-refractivity contribution is 0.0927. The average molecular weight is 427 g/mol. The van der Waals surface area contributed by atoms with Crippen molar-refractivity contribution in [3.05, 3.63) is 58.1 Å². The van der Waals surface area contributed by atoms with Gasteiger partial charge in [0.05, 0.1) is 5.02 Å². The molecular formula is C19H20Cl2N2O3S. The van der Waals surface area contributed by atoms with Crippen molar-refractivity contribution in [2.75, 3.05) is 4.72 Å². The lowest BCUT2D eigenvalue weighted by Crippen LogP contribution is -2.36. The highest BCUT2D eigenvalue weighted by Crippen LogP contribution is 2.27. The molecule has 0 radical (unpaired) electrons. The molecule has 2 aromatic rings. The molecule has 1 saturated carbocycles. The summed E-state index contributed by atoms with van der Waals surface area (Å²) in [5.74, 6) is -0.205. The van der Waals surface area contributed by atoms with E-state index in [4.69, 9.17) is 23.2 Å². The fraction of sp³-hybridized carbons (Fsp3) is 0.316. The Hall–Kier alpha value is -1.76. The van der Waals surface area contributed by atoms with Crippen molar-refractivity contribution in [3.63, 3.8) is 0 Å². The minimum Gasteiger partial charge on any atom is -0.349 e. The van der Waals surface area contributed by atoms with Crippen LogP contribution in [0.25, 0.3) is 0 Å². The third-order valence-corrected chi connectivity index (χ3v) is 6.60. The average Bonchev–Trinajstić information content (AvgIpc) is 2.64. The van der Waals surface area contributed by atoms with Gasteiger partial charge in [-0.2, -0.15) is 0 Å². The fourth-order valence-corrected chi connectivity index (χ4v) is 4.95. The molecule has 2 aromatic carbocycles. The number of hydrogen-bond acceptors (Lipinski definition) is 3. The van der Waals surface area contributed by atoms with E-state index in [9.17, 15) is 13.2 Å². The number of rotatable bonds is 5. The molecule has 0 saturated heterocycles. The molecule has 0 unspecified atom stereocenters. The molecule has 0 bridgehead atoms. The van der Waals surface area contributed by atoms with Crippen molar-refractivity contribution < 1.29 is 13.2 Å². The summed E-state index contributed by atoms with van der Waals surface area (Å²) < 4.78 is 27.7. The Morgan fingerprint density at radius 1 is 1.00 bits per heavy atom. The van der Waals surface area contributed by atoms with Crippen molar-refractivity contribution in [1.29, 1.82) is 0 Å². The monoisotopic (exact) mass is 426 g/mol. The maximum Gasteiger partial charge on any atom is 0.263 e. The minimum absolute atomic E-state index is 0.0677. The number of sulfonamides is 1. The van der Waals surface area contributed by atoms with E-state index < -0.39 is 10.0 Å². The Morgan fingerprint density at radius 2 is 1.74 bits per heavy atom. The zero-order valence-electron chi connectivity index (χ0n) is 14.5. The topological polar surface area (TPSA) is 75.3 Å². The summed E-state index contributed by atoms with van der Waals surface area (Å²) in [4.78, 5) is 12.4. The van der Waals surface area contributed by atoms with Gasteiger partial charge in [0.1, 0.15) is 4.90 Å². The summed E-state index contributed by atoms with van der Waals surface area (Å²) in [5.41, 5.74) is 0.681. The van der Waals surface area contributed by atoms with Crippen LogP contribution in [0.4, 0.5) is 5.69 Å². The molecule has 0 aliphatic heterocycles. The van der Waals surface area contributed by atoms with Crippen molar-refractivity contribution in [3.8, 4) is 0 Å². The van der Waals surface area contributed by atoms with Crippen LogP contribution in [-0.4, -0.2) is 20.4 Å². The van der Waals surface area contributed by atoms with Crippen LogP contribution in [-0.2, 0) is 10.0 Å². The summed E-state index contributed by atoms with van der Waals surface area (Å²) in [7, 11) is -3.93. The van der Waals surface area contributed by atoms with Crippen molar-refractivity contribution >= 4 is 44.8 Å². The van der Waals surface area contributed by atoms with E-state index >= 15 is 0 Å². The van der Waals surface area contributed by atoms with Gasteiger partial charge in [0, 0.05) is 22.3 Å². The predicted octanol–water partition coefficient (Wildman–Crippen LogP) is 4.86. The Labute approximate surface area is 169 Å². The van der Waals surface area contributed by atoms with Crippen molar-refractivity contribution in [2.45, 2.75) is 43.0 Å². The van der Waals surface area contributed by atoms with Crippen LogP contribution in [0.5, 0.6) is 0 Å². The second-order valence-electron chi connectivity index (χ2n) is 6.57. The molecule has 0 heterocycles. The maximum absolute atomic E-state index is 12.6. The van der Waals surface area contributed by atoms with E-state index in [1.165, 1.54) is 30.7 Å². The van der Waals surface area contributed by atoms with Gasteiger partial charge in [-0.25, -0.2) is 8.42 Å². The van der Waals surface area contributed by atoms with Crippen LogP contribution in [0.3, 0.4) is 0 Å². The molecule has 1 aliphatic rings. The molecule has 8 heteroatoms. The molecule has 0 atom stereocenters. The van der Waals surface area contributed by atoms with E-state index in [1.807, 2.05) is 0 Å². The molecule has 1 fully saturated rings. The van der Waals surface area contributed by atoms with Gasteiger partial charge in [0.25, 0.3) is 15.9 Å². The van der Waals surface area contributed by atoms with Crippen molar-refractivity contribution in [1.82, 2.24) is 5.32 Å². The first-order valence-electron chi connectivity index (χ1n) is 8.74. The van der Waals surface area contributed by atoms with Gasteiger partial charge >= 0.3 is 0 Å². The van der Waals surface area contributed by atoms with Gasteiger partial charge in [-0.3, -0.25) is 9.52 Å². The number of nitrogens with one attached hydrogen (secondary N) is 2. The Kier molecular flexibility index (Phi) is 6.29. The van der Waals surface area contributed by atoms with Crippen molar-refractivity contribution in [2.24, 2.45) is 0 Å². The van der Waals surface area contributed by atoms with E-state index in [-0.39, 0.29) is 32.6 Å².